The minimum absolute atomic E-state index is 0.0639. The highest BCUT2D eigenvalue weighted by atomic mass is 16.5. The fourth-order valence-electron chi connectivity index (χ4n) is 3.70. The first kappa shape index (κ1) is 21.1. The van der Waals surface area contributed by atoms with Gasteiger partial charge in [-0.15, -0.1) is 0 Å². The van der Waals surface area contributed by atoms with Gasteiger partial charge in [0, 0.05) is 25.7 Å². The van der Waals surface area contributed by atoms with E-state index in [4.69, 9.17) is 9.47 Å². The molecular formula is C21H29N3O5. The highest BCUT2D eigenvalue weighted by molar-refractivity contribution is 6.00. The molecule has 2 aliphatic heterocycles. The average Bonchev–Trinajstić information content (AvgIpc) is 2.70. The minimum Gasteiger partial charge on any atom is -0.490 e. The second-order valence-electron chi connectivity index (χ2n) is 7.90. The molecule has 0 unspecified atom stereocenters. The van der Waals surface area contributed by atoms with Gasteiger partial charge in [0.15, 0.2) is 0 Å². The molecule has 3 rings (SSSR count). The van der Waals surface area contributed by atoms with Crippen LogP contribution >= 0.6 is 0 Å². The smallest absolute Gasteiger partial charge is 0.257 e. The van der Waals surface area contributed by atoms with E-state index < -0.39 is 0 Å². The number of amides is 3. The molecule has 2 aliphatic rings. The summed E-state index contributed by atoms with van der Waals surface area (Å²) in [6, 6.07) is 4.95. The largest absolute Gasteiger partial charge is 0.490 e. The second-order valence-corrected chi connectivity index (χ2v) is 7.90. The Morgan fingerprint density at radius 2 is 2.03 bits per heavy atom. The van der Waals surface area contributed by atoms with Crippen molar-refractivity contribution < 1.29 is 23.9 Å². The Kier molecular flexibility index (Phi) is 6.42. The van der Waals surface area contributed by atoms with Gasteiger partial charge in [0.1, 0.15) is 18.5 Å². The Balaban J connectivity index is 1.79. The van der Waals surface area contributed by atoms with Crippen LogP contribution in [-0.2, 0) is 14.3 Å². The van der Waals surface area contributed by atoms with Gasteiger partial charge in [-0.05, 0) is 31.0 Å². The van der Waals surface area contributed by atoms with Crippen molar-refractivity contribution in [3.63, 3.8) is 0 Å². The molecule has 0 aliphatic carbocycles. The molecule has 0 radical (unpaired) electrons. The van der Waals surface area contributed by atoms with Gasteiger partial charge < -0.3 is 25.0 Å². The SMILES string of the molecule is CNC(=O)C[C@@H]1CC[C@@H]2[C@H](COc3ccc(NC(=O)C(C)C)cc3C(=O)N2C)O1. The van der Waals surface area contributed by atoms with Crippen LogP contribution in [0.15, 0.2) is 18.2 Å². The van der Waals surface area contributed by atoms with Crippen molar-refractivity contribution in [1.82, 2.24) is 10.2 Å². The Hall–Kier alpha value is -2.61. The number of likely N-dealkylation sites (N-methyl/N-ethyl adjacent to an activating group) is 1. The molecule has 0 spiro atoms. The third kappa shape index (κ3) is 4.70. The summed E-state index contributed by atoms with van der Waals surface area (Å²) in [6.45, 7) is 3.91. The van der Waals surface area contributed by atoms with Crippen molar-refractivity contribution in [2.24, 2.45) is 5.92 Å². The number of nitrogens with zero attached hydrogens (tertiary/aromatic N) is 1. The summed E-state index contributed by atoms with van der Waals surface area (Å²) in [5, 5.41) is 5.44. The van der Waals surface area contributed by atoms with Gasteiger partial charge in [-0.25, -0.2) is 0 Å². The third-order valence-corrected chi connectivity index (χ3v) is 5.50. The summed E-state index contributed by atoms with van der Waals surface area (Å²) in [4.78, 5) is 38.5. The minimum atomic E-state index is -0.305. The zero-order valence-electron chi connectivity index (χ0n) is 17.4. The predicted molar refractivity (Wildman–Crippen MR) is 108 cm³/mol. The maximum Gasteiger partial charge on any atom is 0.257 e. The fraction of sp³-hybridized carbons (Fsp3) is 0.571. The lowest BCUT2D eigenvalue weighted by atomic mass is 9.94. The van der Waals surface area contributed by atoms with Crippen molar-refractivity contribution in [3.05, 3.63) is 23.8 Å². The van der Waals surface area contributed by atoms with E-state index >= 15 is 0 Å². The normalized spacial score (nSPS) is 24.0. The number of benzene rings is 1. The third-order valence-electron chi connectivity index (χ3n) is 5.50. The van der Waals surface area contributed by atoms with Gasteiger partial charge in [0.25, 0.3) is 5.91 Å². The molecule has 1 aromatic rings. The molecule has 158 valence electrons. The number of carbonyl (C=O) groups excluding carboxylic acids is 3. The van der Waals surface area contributed by atoms with E-state index in [1.807, 2.05) is 13.8 Å². The molecule has 3 amide bonds. The molecule has 0 aromatic heterocycles. The summed E-state index contributed by atoms with van der Waals surface area (Å²) >= 11 is 0. The maximum absolute atomic E-state index is 13.1. The summed E-state index contributed by atoms with van der Waals surface area (Å²) in [5.74, 6) is -0.0514. The molecule has 1 fully saturated rings. The van der Waals surface area contributed by atoms with E-state index in [1.54, 1.807) is 37.2 Å². The lowest BCUT2D eigenvalue weighted by molar-refractivity contribution is -0.133. The van der Waals surface area contributed by atoms with Crippen LogP contribution in [0.5, 0.6) is 5.75 Å². The Bertz CT molecular complexity index is 795. The lowest BCUT2D eigenvalue weighted by Crippen LogP contribution is -2.53. The van der Waals surface area contributed by atoms with Crippen LogP contribution in [0.1, 0.15) is 43.5 Å². The van der Waals surface area contributed by atoms with Crippen molar-refractivity contribution in [3.8, 4) is 5.75 Å². The number of ether oxygens (including phenoxy) is 2. The van der Waals surface area contributed by atoms with Gasteiger partial charge in [-0.1, -0.05) is 13.8 Å². The molecule has 3 atom stereocenters. The molecule has 0 bridgehead atoms. The molecule has 29 heavy (non-hydrogen) atoms. The van der Waals surface area contributed by atoms with Gasteiger partial charge >= 0.3 is 0 Å². The van der Waals surface area contributed by atoms with Gasteiger partial charge in [-0.2, -0.15) is 0 Å². The fourth-order valence-corrected chi connectivity index (χ4v) is 3.70. The highest BCUT2D eigenvalue weighted by Crippen LogP contribution is 2.32. The molecule has 8 heteroatoms. The topological polar surface area (TPSA) is 97.0 Å². The Morgan fingerprint density at radius 1 is 1.28 bits per heavy atom. The number of fused-ring (bicyclic) bond motifs is 2. The average molecular weight is 403 g/mol. The first-order valence-electron chi connectivity index (χ1n) is 10.0. The van der Waals surface area contributed by atoms with Crippen LogP contribution in [0.2, 0.25) is 0 Å². The second kappa shape index (κ2) is 8.82. The summed E-state index contributed by atoms with van der Waals surface area (Å²) in [6.07, 6.45) is 1.24. The van der Waals surface area contributed by atoms with Gasteiger partial charge in [0.05, 0.1) is 24.1 Å². The highest BCUT2D eigenvalue weighted by Gasteiger charge is 2.39. The summed E-state index contributed by atoms with van der Waals surface area (Å²) in [7, 11) is 3.37. The Morgan fingerprint density at radius 3 is 2.72 bits per heavy atom. The van der Waals surface area contributed by atoms with Gasteiger partial charge in [0.2, 0.25) is 11.8 Å². The summed E-state index contributed by atoms with van der Waals surface area (Å²) in [5.41, 5.74) is 0.982. The van der Waals surface area contributed by atoms with Crippen molar-refractivity contribution in [2.75, 3.05) is 26.0 Å². The number of nitrogens with one attached hydrogen (secondary N) is 2. The molecule has 1 aromatic carbocycles. The lowest BCUT2D eigenvalue weighted by Gasteiger charge is -2.42. The quantitative estimate of drug-likeness (QED) is 0.799. The van der Waals surface area contributed by atoms with Crippen molar-refractivity contribution >= 4 is 23.4 Å². The van der Waals surface area contributed by atoms with E-state index in [9.17, 15) is 14.4 Å². The van der Waals surface area contributed by atoms with Crippen molar-refractivity contribution in [1.29, 1.82) is 0 Å². The van der Waals surface area contributed by atoms with Crippen LogP contribution < -0.4 is 15.4 Å². The number of anilines is 1. The van der Waals surface area contributed by atoms with Gasteiger partial charge in [-0.3, -0.25) is 14.4 Å². The van der Waals surface area contributed by atoms with E-state index in [0.29, 0.717) is 29.8 Å². The zero-order chi connectivity index (χ0) is 21.1. The van der Waals surface area contributed by atoms with Crippen LogP contribution in [0.3, 0.4) is 0 Å². The molecule has 8 nitrogen and oxygen atoms in total. The van der Waals surface area contributed by atoms with E-state index in [-0.39, 0.29) is 48.5 Å². The van der Waals surface area contributed by atoms with Crippen LogP contribution in [-0.4, -0.2) is 61.6 Å². The number of hydrogen-bond acceptors (Lipinski definition) is 5. The molecular weight excluding hydrogens is 374 g/mol. The predicted octanol–water partition coefficient (Wildman–Crippen LogP) is 1.80. The van der Waals surface area contributed by atoms with E-state index in [0.717, 1.165) is 6.42 Å². The molecule has 0 saturated carbocycles. The number of rotatable bonds is 4. The zero-order valence-corrected chi connectivity index (χ0v) is 17.4. The van der Waals surface area contributed by atoms with E-state index in [2.05, 4.69) is 10.6 Å². The summed E-state index contributed by atoms with van der Waals surface area (Å²) < 4.78 is 12.0. The monoisotopic (exact) mass is 403 g/mol. The number of hydrogen-bond donors (Lipinski definition) is 2. The maximum atomic E-state index is 13.1. The molecule has 2 heterocycles. The molecule has 2 N–H and O–H groups in total. The molecule has 1 saturated heterocycles. The van der Waals surface area contributed by atoms with Crippen LogP contribution in [0.4, 0.5) is 5.69 Å². The number of carbonyl (C=O) groups is 3. The standard InChI is InChI=1S/C21H29N3O5/c1-12(2)20(26)23-13-5-8-17-15(9-13)21(27)24(4)16-7-6-14(10-19(25)22-3)29-18(16)11-28-17/h5,8-9,12,14,16,18H,6-7,10-11H2,1-4H3,(H,22,25)(H,23,26)/t14-,16+,18-/m0/s1. The Labute approximate surface area is 170 Å². The van der Waals surface area contributed by atoms with Crippen LogP contribution in [0.25, 0.3) is 0 Å². The van der Waals surface area contributed by atoms with Crippen LogP contribution in [0, 0.1) is 5.92 Å². The first-order chi connectivity index (χ1) is 13.8. The van der Waals surface area contributed by atoms with Crippen molar-refractivity contribution in [2.45, 2.75) is 51.4 Å². The first-order valence-corrected chi connectivity index (χ1v) is 10.0. The van der Waals surface area contributed by atoms with E-state index in [1.165, 1.54) is 0 Å².